The molecule has 0 fully saturated rings. The molecule has 0 radical (unpaired) electrons. The molecule has 0 saturated heterocycles. The molecule has 1 heterocycles. The third-order valence-electron chi connectivity index (χ3n) is 4.27. The van der Waals surface area contributed by atoms with Crippen LogP contribution in [0.2, 0.25) is 0 Å². The van der Waals surface area contributed by atoms with Gasteiger partial charge >= 0.3 is 0 Å². The zero-order valence-corrected chi connectivity index (χ0v) is 15.4. The van der Waals surface area contributed by atoms with Crippen molar-refractivity contribution in [3.8, 4) is 0 Å². The Morgan fingerprint density at radius 2 is 1.96 bits per heavy atom. The highest BCUT2D eigenvalue weighted by Gasteiger charge is 2.19. The van der Waals surface area contributed by atoms with E-state index in [0.29, 0.717) is 13.2 Å². The molecule has 1 atom stereocenters. The number of nitrogens with one attached hydrogen (secondary N) is 1. The van der Waals surface area contributed by atoms with Crippen molar-refractivity contribution < 1.29 is 13.2 Å². The minimum absolute atomic E-state index is 0.164. The molecule has 0 aromatic heterocycles. The summed E-state index contributed by atoms with van der Waals surface area (Å²) >= 11 is 0. The summed E-state index contributed by atoms with van der Waals surface area (Å²) in [4.78, 5) is 2.24. The Morgan fingerprint density at radius 1 is 1.20 bits per heavy atom. The summed E-state index contributed by atoms with van der Waals surface area (Å²) in [6.45, 7) is 3.79. The van der Waals surface area contributed by atoms with Gasteiger partial charge in [0.1, 0.15) is 0 Å². The number of nitrogens with zero attached hydrogens (tertiary/aromatic N) is 1. The fraction of sp³-hybridized carbons (Fsp3) is 0.368. The molecule has 2 aromatic carbocycles. The number of hydrogen-bond acceptors (Lipinski definition) is 4. The van der Waals surface area contributed by atoms with Crippen molar-refractivity contribution in [1.29, 1.82) is 0 Å². The maximum Gasteiger partial charge on any atom is 0.209 e. The standard InChI is InChI=1S/C19H24N2O3S/c1-15-12-17-9-8-16(14-20-25(2,22)23)13-19(17)21(10-11-24-15)18-6-4-3-5-7-18/h3-9,13,15,20H,10-12,14H2,1-2H3. The molecule has 1 aliphatic rings. The van der Waals surface area contributed by atoms with Crippen LogP contribution in [0.3, 0.4) is 0 Å². The monoisotopic (exact) mass is 360 g/mol. The molecule has 3 rings (SSSR count). The minimum atomic E-state index is -3.21. The predicted molar refractivity (Wildman–Crippen MR) is 101 cm³/mol. The van der Waals surface area contributed by atoms with Crippen molar-refractivity contribution in [2.24, 2.45) is 0 Å². The van der Waals surface area contributed by atoms with Gasteiger partial charge in [-0.3, -0.25) is 0 Å². The molecule has 1 N–H and O–H groups in total. The Morgan fingerprint density at radius 3 is 2.68 bits per heavy atom. The number of benzene rings is 2. The number of para-hydroxylation sites is 1. The molecule has 0 amide bonds. The first-order valence-corrected chi connectivity index (χ1v) is 10.3. The lowest BCUT2D eigenvalue weighted by atomic mass is 10.0. The molecule has 0 saturated carbocycles. The van der Waals surface area contributed by atoms with E-state index in [2.05, 4.69) is 40.8 Å². The fourth-order valence-electron chi connectivity index (χ4n) is 3.07. The van der Waals surface area contributed by atoms with Crippen molar-refractivity contribution in [3.05, 3.63) is 59.7 Å². The third kappa shape index (κ3) is 4.81. The van der Waals surface area contributed by atoms with Crippen LogP contribution < -0.4 is 9.62 Å². The molecule has 5 nitrogen and oxygen atoms in total. The molecule has 134 valence electrons. The fourth-order valence-corrected chi connectivity index (χ4v) is 3.50. The SMILES string of the molecule is CC1Cc2ccc(CNS(C)(=O)=O)cc2N(c2ccccc2)CCO1. The number of hydrogen-bond donors (Lipinski definition) is 1. The average Bonchev–Trinajstić information content (AvgIpc) is 2.56. The van der Waals surface area contributed by atoms with Gasteiger partial charge in [0.25, 0.3) is 0 Å². The van der Waals surface area contributed by atoms with E-state index >= 15 is 0 Å². The number of anilines is 2. The van der Waals surface area contributed by atoms with Gasteiger partial charge in [0, 0.05) is 30.9 Å². The predicted octanol–water partition coefficient (Wildman–Crippen LogP) is 2.84. The zero-order chi connectivity index (χ0) is 17.9. The first-order valence-electron chi connectivity index (χ1n) is 8.43. The lowest BCUT2D eigenvalue weighted by molar-refractivity contribution is 0.0703. The number of sulfonamides is 1. The van der Waals surface area contributed by atoms with Crippen molar-refractivity contribution in [2.75, 3.05) is 24.3 Å². The van der Waals surface area contributed by atoms with Gasteiger partial charge in [-0.1, -0.05) is 30.3 Å². The maximum absolute atomic E-state index is 11.4. The molecule has 1 aliphatic heterocycles. The summed E-state index contributed by atoms with van der Waals surface area (Å²) in [5, 5.41) is 0. The molecule has 25 heavy (non-hydrogen) atoms. The summed E-state index contributed by atoms with van der Waals surface area (Å²) in [5.74, 6) is 0. The van der Waals surface area contributed by atoms with Crippen LogP contribution in [-0.2, 0) is 27.7 Å². The average molecular weight is 360 g/mol. The van der Waals surface area contributed by atoms with Gasteiger partial charge in [-0.15, -0.1) is 0 Å². The van der Waals surface area contributed by atoms with E-state index in [-0.39, 0.29) is 6.10 Å². The van der Waals surface area contributed by atoms with Gasteiger partial charge in [-0.25, -0.2) is 13.1 Å². The molecule has 0 aliphatic carbocycles. The van der Waals surface area contributed by atoms with Crippen LogP contribution in [0.4, 0.5) is 11.4 Å². The van der Waals surface area contributed by atoms with E-state index in [4.69, 9.17) is 4.74 Å². The normalized spacial score (nSPS) is 18.3. The maximum atomic E-state index is 11.4. The number of fused-ring (bicyclic) bond motifs is 1. The number of rotatable bonds is 4. The largest absolute Gasteiger partial charge is 0.376 e. The second-order valence-corrected chi connectivity index (χ2v) is 8.26. The van der Waals surface area contributed by atoms with Crippen LogP contribution in [-0.4, -0.2) is 33.9 Å². The smallest absolute Gasteiger partial charge is 0.209 e. The highest BCUT2D eigenvalue weighted by Crippen LogP contribution is 2.32. The van der Waals surface area contributed by atoms with Crippen LogP contribution in [0.1, 0.15) is 18.1 Å². The van der Waals surface area contributed by atoms with E-state index in [1.54, 1.807) is 0 Å². The molecule has 0 bridgehead atoms. The molecule has 2 aromatic rings. The summed E-state index contributed by atoms with van der Waals surface area (Å²) in [5.41, 5.74) is 4.38. The van der Waals surface area contributed by atoms with Crippen LogP contribution in [0.25, 0.3) is 0 Å². The van der Waals surface area contributed by atoms with Crippen LogP contribution in [0, 0.1) is 0 Å². The van der Waals surface area contributed by atoms with Crippen LogP contribution >= 0.6 is 0 Å². The van der Waals surface area contributed by atoms with Crippen molar-refractivity contribution >= 4 is 21.4 Å². The van der Waals surface area contributed by atoms with Gasteiger partial charge in [-0.2, -0.15) is 0 Å². The van der Waals surface area contributed by atoms with Gasteiger partial charge in [-0.05, 0) is 36.2 Å². The Kier molecular flexibility index (Phi) is 5.42. The van der Waals surface area contributed by atoms with Crippen molar-refractivity contribution in [3.63, 3.8) is 0 Å². The Labute approximate surface area is 149 Å². The van der Waals surface area contributed by atoms with E-state index in [1.165, 1.54) is 11.8 Å². The highest BCUT2D eigenvalue weighted by molar-refractivity contribution is 7.88. The quantitative estimate of drug-likeness (QED) is 0.911. The molecular weight excluding hydrogens is 336 g/mol. The summed E-state index contributed by atoms with van der Waals surface area (Å²) in [6.07, 6.45) is 2.17. The molecule has 1 unspecified atom stereocenters. The van der Waals surface area contributed by atoms with Gasteiger partial charge in [0.15, 0.2) is 0 Å². The van der Waals surface area contributed by atoms with E-state index in [0.717, 1.165) is 29.9 Å². The summed E-state index contributed by atoms with van der Waals surface area (Å²) in [7, 11) is -3.21. The number of ether oxygens (including phenoxy) is 1. The van der Waals surface area contributed by atoms with E-state index in [1.807, 2.05) is 24.3 Å². The minimum Gasteiger partial charge on any atom is -0.376 e. The Bertz CT molecular complexity index is 822. The van der Waals surface area contributed by atoms with Crippen molar-refractivity contribution in [1.82, 2.24) is 4.72 Å². The Hall–Kier alpha value is -1.89. The molecule has 0 spiro atoms. The van der Waals surface area contributed by atoms with Gasteiger partial charge < -0.3 is 9.64 Å². The Balaban J connectivity index is 1.98. The van der Waals surface area contributed by atoms with Crippen LogP contribution in [0.5, 0.6) is 0 Å². The third-order valence-corrected chi connectivity index (χ3v) is 4.94. The second-order valence-electron chi connectivity index (χ2n) is 6.43. The van der Waals surface area contributed by atoms with E-state index < -0.39 is 10.0 Å². The van der Waals surface area contributed by atoms with Crippen LogP contribution in [0.15, 0.2) is 48.5 Å². The molecular formula is C19H24N2O3S. The second kappa shape index (κ2) is 7.56. The lowest BCUT2D eigenvalue weighted by Gasteiger charge is -2.31. The highest BCUT2D eigenvalue weighted by atomic mass is 32.2. The lowest BCUT2D eigenvalue weighted by Crippen LogP contribution is -2.29. The van der Waals surface area contributed by atoms with Crippen molar-refractivity contribution in [2.45, 2.75) is 26.0 Å². The first-order chi connectivity index (χ1) is 11.9. The zero-order valence-electron chi connectivity index (χ0n) is 14.6. The van der Waals surface area contributed by atoms with Gasteiger partial charge in [0.05, 0.1) is 19.0 Å². The van der Waals surface area contributed by atoms with E-state index in [9.17, 15) is 8.42 Å². The topological polar surface area (TPSA) is 58.6 Å². The summed E-state index contributed by atoms with van der Waals surface area (Å²) < 4.78 is 31.2. The van der Waals surface area contributed by atoms with Gasteiger partial charge in [0.2, 0.25) is 10.0 Å². The first kappa shape index (κ1) is 17.9. The molecule has 6 heteroatoms. The summed E-state index contributed by atoms with van der Waals surface area (Å²) in [6, 6.07) is 16.3.